The summed E-state index contributed by atoms with van der Waals surface area (Å²) in [5.74, 6) is 0. The third-order valence-electron chi connectivity index (χ3n) is 3.11. The predicted octanol–water partition coefficient (Wildman–Crippen LogP) is 8.28. The summed E-state index contributed by atoms with van der Waals surface area (Å²) in [6.45, 7) is 18.0. The molecule has 159 valence electrons. The van der Waals surface area contributed by atoms with Crippen LogP contribution in [-0.2, 0) is 26.2 Å². The van der Waals surface area contributed by atoms with Crippen LogP contribution in [0.3, 0.4) is 0 Å². The van der Waals surface area contributed by atoms with Crippen molar-refractivity contribution in [2.75, 3.05) is 0 Å². The molecule has 4 rings (SSSR count). The summed E-state index contributed by atoms with van der Waals surface area (Å²) in [7, 11) is 0.120. The van der Waals surface area contributed by atoms with Gasteiger partial charge >= 0.3 is 26.2 Å². The van der Waals surface area contributed by atoms with E-state index in [0.717, 1.165) is 23.1 Å². The van der Waals surface area contributed by atoms with Crippen molar-refractivity contribution in [3.63, 3.8) is 0 Å². The molecule has 31 heavy (non-hydrogen) atoms. The average Bonchev–Trinajstić information content (AvgIpc) is 3.31. The Morgan fingerprint density at radius 3 is 1.00 bits per heavy atom. The van der Waals surface area contributed by atoms with Crippen molar-refractivity contribution in [3.8, 4) is 0 Å². The minimum absolute atomic E-state index is 0. The van der Waals surface area contributed by atoms with E-state index in [2.05, 4.69) is 52.6 Å². The van der Waals surface area contributed by atoms with Crippen LogP contribution in [0.15, 0.2) is 109 Å². The van der Waals surface area contributed by atoms with Gasteiger partial charge in [0, 0.05) is 8.80 Å². The van der Waals surface area contributed by atoms with E-state index < -0.39 is 0 Å². The van der Waals surface area contributed by atoms with Gasteiger partial charge in [0.05, 0.1) is 0 Å². The Kier molecular flexibility index (Phi) is 22.6. The van der Waals surface area contributed by atoms with Gasteiger partial charge in [-0.25, -0.2) is 12.2 Å². The predicted molar refractivity (Wildman–Crippen MR) is 138 cm³/mol. The molecule has 0 fully saturated rings. The molecule has 3 aromatic rings. The van der Waals surface area contributed by atoms with Crippen LogP contribution < -0.4 is 0 Å². The summed E-state index contributed by atoms with van der Waals surface area (Å²) >= 11 is 0. The summed E-state index contributed by atoms with van der Waals surface area (Å²) in [4.78, 5) is 0. The maximum atomic E-state index is 3.72. The van der Waals surface area contributed by atoms with E-state index in [9.17, 15) is 0 Å². The van der Waals surface area contributed by atoms with Crippen molar-refractivity contribution in [3.05, 3.63) is 153 Å². The number of hydrogen-bond acceptors (Lipinski definition) is 0. The molecule has 0 N–H and O–H groups in total. The monoisotopic (exact) mass is 501 g/mol. The van der Waals surface area contributed by atoms with E-state index in [0.29, 0.717) is 0 Å². The normalized spacial score (nSPS) is 9.81. The van der Waals surface area contributed by atoms with Crippen molar-refractivity contribution in [2.24, 2.45) is 0 Å². The third kappa shape index (κ3) is 25.8. The minimum atomic E-state index is 0. The summed E-state index contributed by atoms with van der Waals surface area (Å²) < 4.78 is 0. The van der Waals surface area contributed by atoms with E-state index in [1.165, 1.54) is 0 Å². The quantitative estimate of drug-likeness (QED) is 0.214. The molecule has 0 atom stereocenters. The van der Waals surface area contributed by atoms with E-state index in [4.69, 9.17) is 0 Å². The Hall–Kier alpha value is -2.15. The largest absolute Gasteiger partial charge is 4.00 e. The molecule has 0 unspecified atom stereocenters. The molecule has 0 nitrogen and oxygen atoms in total. The van der Waals surface area contributed by atoms with Crippen molar-refractivity contribution < 1.29 is 26.2 Å². The van der Waals surface area contributed by atoms with Gasteiger partial charge < -0.3 is 0 Å². The zero-order chi connectivity index (χ0) is 22.5. The van der Waals surface area contributed by atoms with E-state index in [1.54, 1.807) is 0 Å². The molecule has 0 bridgehead atoms. The van der Waals surface area contributed by atoms with Crippen molar-refractivity contribution in [1.29, 1.82) is 0 Å². The van der Waals surface area contributed by atoms with Gasteiger partial charge in [-0.05, 0) is 0 Å². The fourth-order valence-electron chi connectivity index (χ4n) is 1.77. The number of benzene rings is 3. The third-order valence-corrected chi connectivity index (χ3v) is 3.11. The second kappa shape index (κ2) is 22.5. The van der Waals surface area contributed by atoms with Gasteiger partial charge in [0.25, 0.3) is 0 Å². The van der Waals surface area contributed by atoms with Crippen molar-refractivity contribution in [2.45, 2.75) is 26.1 Å². The molecule has 0 saturated heterocycles. The topological polar surface area (TPSA) is 0 Å². The van der Waals surface area contributed by atoms with Gasteiger partial charge in [0.15, 0.2) is 0 Å². The molecular formula is C29H35SiZr. The summed E-state index contributed by atoms with van der Waals surface area (Å²) in [5.41, 5.74) is 3.22. The Morgan fingerprint density at radius 2 is 0.903 bits per heavy atom. The Morgan fingerprint density at radius 1 is 0.613 bits per heavy atom. The zero-order valence-corrected chi connectivity index (χ0v) is 22.7. The smallest absolute Gasteiger partial charge is 0.273 e. The maximum Gasteiger partial charge on any atom is 4.00 e. The second-order valence-corrected chi connectivity index (χ2v) is 9.96. The van der Waals surface area contributed by atoms with Crippen LogP contribution in [0.5, 0.6) is 0 Å². The van der Waals surface area contributed by atoms with Crippen LogP contribution in [0, 0.1) is 26.8 Å². The van der Waals surface area contributed by atoms with Crippen LogP contribution in [0.1, 0.15) is 23.1 Å². The Labute approximate surface area is 212 Å². The van der Waals surface area contributed by atoms with Crippen LogP contribution in [0.2, 0.25) is 19.6 Å². The van der Waals surface area contributed by atoms with Crippen molar-refractivity contribution >= 4 is 8.80 Å². The molecule has 0 saturated carbocycles. The SMILES string of the molecule is C[Si](C)C.[C-]1=CC=CC1.[CH2-]c1ccccc1.[CH2-]c1ccccc1.[CH2-]c1ccccc1.[Zr+4]. The zero-order valence-electron chi connectivity index (χ0n) is 19.2. The van der Waals surface area contributed by atoms with Gasteiger partial charge in [-0.1, -0.05) is 37.8 Å². The first kappa shape index (κ1) is 31.0. The van der Waals surface area contributed by atoms with E-state index in [1.807, 2.05) is 103 Å². The molecule has 2 heteroatoms. The van der Waals surface area contributed by atoms with E-state index >= 15 is 0 Å². The molecule has 1 radical (unpaired) electrons. The van der Waals surface area contributed by atoms with Gasteiger partial charge in [-0.15, -0.1) is 42.8 Å². The number of allylic oxidation sites excluding steroid dienone is 4. The summed E-state index contributed by atoms with van der Waals surface area (Å²) in [5, 5.41) is 0. The molecular weight excluding hydrogens is 468 g/mol. The molecule has 0 spiro atoms. The number of hydrogen-bond donors (Lipinski definition) is 0. The molecule has 0 amide bonds. The molecule has 3 aromatic carbocycles. The minimum Gasteiger partial charge on any atom is -0.273 e. The Bertz CT molecular complexity index is 677. The average molecular weight is 503 g/mol. The van der Waals surface area contributed by atoms with Gasteiger partial charge in [-0.3, -0.25) is 6.08 Å². The summed E-state index contributed by atoms with van der Waals surface area (Å²) in [6, 6.07) is 29.6. The van der Waals surface area contributed by atoms with Crippen LogP contribution in [0.4, 0.5) is 0 Å². The first-order valence-corrected chi connectivity index (χ1v) is 13.0. The van der Waals surface area contributed by atoms with Crippen LogP contribution >= 0.6 is 0 Å². The molecule has 0 aromatic heterocycles. The Balaban J connectivity index is 0. The second-order valence-electron chi connectivity index (χ2n) is 6.96. The standard InChI is InChI=1S/3C7H7.C5H5.C3H9Si.Zr/c3*1-7-5-3-2-4-6-7;1-2-4-5-3-1;1-4(2)3;/h3*2-6H,1H2;1-3H,4H2;1-3H3;/q4*-1;;+4. The first-order chi connectivity index (χ1) is 14.4. The fraction of sp³-hybridized carbons (Fsp3) is 0.138. The van der Waals surface area contributed by atoms with Crippen LogP contribution in [0.25, 0.3) is 0 Å². The number of rotatable bonds is 0. The molecule has 1 aliphatic carbocycles. The first-order valence-electron chi connectivity index (χ1n) is 10.0. The maximum absolute atomic E-state index is 3.72. The molecule has 0 aliphatic heterocycles. The summed E-state index contributed by atoms with van der Waals surface area (Å²) in [6.07, 6.45) is 10.0. The van der Waals surface area contributed by atoms with Crippen molar-refractivity contribution in [1.82, 2.24) is 0 Å². The van der Waals surface area contributed by atoms with Crippen LogP contribution in [-0.4, -0.2) is 8.80 Å². The van der Waals surface area contributed by atoms with Gasteiger partial charge in [-0.2, -0.15) is 79.9 Å². The van der Waals surface area contributed by atoms with Gasteiger partial charge in [0.1, 0.15) is 0 Å². The van der Waals surface area contributed by atoms with Gasteiger partial charge in [0.2, 0.25) is 0 Å². The molecule has 0 heterocycles. The fourth-order valence-corrected chi connectivity index (χ4v) is 1.77. The van der Waals surface area contributed by atoms with E-state index in [-0.39, 0.29) is 35.0 Å². The molecule has 1 aliphatic rings.